The van der Waals surface area contributed by atoms with Gasteiger partial charge in [-0.05, 0) is 63.1 Å². The molecule has 0 heterocycles. The molecule has 0 amide bonds. The summed E-state index contributed by atoms with van der Waals surface area (Å²) in [5.74, 6) is 2.31. The van der Waals surface area contributed by atoms with Gasteiger partial charge in [-0.3, -0.25) is 0 Å². The quantitative estimate of drug-likeness (QED) is 0.420. The maximum absolute atomic E-state index is 5.81. The summed E-state index contributed by atoms with van der Waals surface area (Å²) in [5.41, 5.74) is 5.47. The van der Waals surface area contributed by atoms with Gasteiger partial charge in [0.25, 0.3) is 0 Å². The van der Waals surface area contributed by atoms with Crippen LogP contribution < -0.4 is 11.1 Å². The standard InChI is InChI=1S/C19H42N2O/c1-5-6-9-17(2)14-18(3)10-7-13-22-16-19(4)15-21-12-8-11-20/h17-19,21H,5-16,20H2,1-4H3. The van der Waals surface area contributed by atoms with E-state index in [-0.39, 0.29) is 0 Å². The molecule has 134 valence electrons. The zero-order valence-corrected chi connectivity index (χ0v) is 15.7. The SMILES string of the molecule is CCCCC(C)CC(C)CCCOCC(C)CNCCCN. The van der Waals surface area contributed by atoms with Gasteiger partial charge in [-0.2, -0.15) is 0 Å². The third-order valence-corrected chi connectivity index (χ3v) is 4.29. The molecule has 0 fully saturated rings. The van der Waals surface area contributed by atoms with E-state index in [0.29, 0.717) is 5.92 Å². The maximum atomic E-state index is 5.81. The summed E-state index contributed by atoms with van der Waals surface area (Å²) in [7, 11) is 0. The van der Waals surface area contributed by atoms with E-state index < -0.39 is 0 Å². The van der Waals surface area contributed by atoms with E-state index in [0.717, 1.165) is 51.1 Å². The summed E-state index contributed by atoms with van der Waals surface area (Å²) in [6.07, 6.45) is 9.05. The fourth-order valence-electron chi connectivity index (χ4n) is 2.93. The largest absolute Gasteiger partial charge is 0.381 e. The molecule has 3 heteroatoms. The van der Waals surface area contributed by atoms with Crippen LogP contribution in [-0.4, -0.2) is 32.8 Å². The van der Waals surface area contributed by atoms with E-state index in [1.54, 1.807) is 0 Å². The Bertz CT molecular complexity index is 223. The maximum Gasteiger partial charge on any atom is 0.0503 e. The molecule has 0 aromatic carbocycles. The Morgan fingerprint density at radius 1 is 0.955 bits per heavy atom. The molecular weight excluding hydrogens is 272 g/mol. The predicted molar refractivity (Wildman–Crippen MR) is 98.2 cm³/mol. The van der Waals surface area contributed by atoms with E-state index in [4.69, 9.17) is 10.5 Å². The van der Waals surface area contributed by atoms with Crippen molar-refractivity contribution < 1.29 is 4.74 Å². The number of ether oxygens (including phenoxy) is 1. The first kappa shape index (κ1) is 21.9. The molecule has 0 rings (SSSR count). The molecule has 22 heavy (non-hydrogen) atoms. The molecule has 0 saturated heterocycles. The second kappa shape index (κ2) is 15.8. The van der Waals surface area contributed by atoms with Crippen LogP contribution in [0.1, 0.15) is 72.6 Å². The van der Waals surface area contributed by atoms with Crippen molar-refractivity contribution >= 4 is 0 Å². The minimum atomic E-state index is 0.587. The van der Waals surface area contributed by atoms with Crippen molar-refractivity contribution in [3.05, 3.63) is 0 Å². The van der Waals surface area contributed by atoms with Gasteiger partial charge in [0.15, 0.2) is 0 Å². The summed E-state index contributed by atoms with van der Waals surface area (Å²) in [6, 6.07) is 0. The minimum Gasteiger partial charge on any atom is -0.381 e. The highest BCUT2D eigenvalue weighted by atomic mass is 16.5. The molecule has 0 aromatic heterocycles. The van der Waals surface area contributed by atoms with Crippen LogP contribution in [0, 0.1) is 17.8 Å². The summed E-state index contributed by atoms with van der Waals surface area (Å²) >= 11 is 0. The lowest BCUT2D eigenvalue weighted by atomic mass is 9.90. The Kier molecular flexibility index (Phi) is 15.7. The number of unbranched alkanes of at least 4 members (excludes halogenated alkanes) is 1. The molecule has 0 spiro atoms. The fourth-order valence-corrected chi connectivity index (χ4v) is 2.93. The van der Waals surface area contributed by atoms with Gasteiger partial charge in [-0.15, -0.1) is 0 Å². The number of hydrogen-bond donors (Lipinski definition) is 2. The van der Waals surface area contributed by atoms with E-state index in [2.05, 4.69) is 33.0 Å². The third kappa shape index (κ3) is 14.8. The molecular formula is C19H42N2O. The van der Waals surface area contributed by atoms with Crippen LogP contribution in [0.4, 0.5) is 0 Å². The van der Waals surface area contributed by atoms with Gasteiger partial charge >= 0.3 is 0 Å². The van der Waals surface area contributed by atoms with Crippen molar-refractivity contribution in [2.75, 3.05) is 32.8 Å². The van der Waals surface area contributed by atoms with Crippen molar-refractivity contribution in [1.29, 1.82) is 0 Å². The summed E-state index contributed by atoms with van der Waals surface area (Å²) in [5, 5.41) is 3.42. The Balaban J connectivity index is 3.40. The molecule has 3 unspecified atom stereocenters. The summed E-state index contributed by atoms with van der Waals surface area (Å²) in [4.78, 5) is 0. The lowest BCUT2D eigenvalue weighted by Crippen LogP contribution is -2.26. The number of hydrogen-bond acceptors (Lipinski definition) is 3. The Labute approximate surface area is 139 Å². The number of rotatable bonds is 16. The first-order chi connectivity index (χ1) is 10.6. The minimum absolute atomic E-state index is 0.587. The van der Waals surface area contributed by atoms with Crippen LogP contribution in [0.5, 0.6) is 0 Å². The molecule has 0 saturated carbocycles. The van der Waals surface area contributed by atoms with E-state index >= 15 is 0 Å². The van der Waals surface area contributed by atoms with Gasteiger partial charge in [0.1, 0.15) is 0 Å². The Morgan fingerprint density at radius 2 is 1.64 bits per heavy atom. The van der Waals surface area contributed by atoms with Crippen molar-refractivity contribution in [2.45, 2.75) is 72.6 Å². The zero-order valence-electron chi connectivity index (χ0n) is 15.7. The van der Waals surface area contributed by atoms with E-state index in [9.17, 15) is 0 Å². The van der Waals surface area contributed by atoms with Crippen LogP contribution in [0.15, 0.2) is 0 Å². The molecule has 0 radical (unpaired) electrons. The van der Waals surface area contributed by atoms with Crippen molar-refractivity contribution in [3.63, 3.8) is 0 Å². The molecule has 3 atom stereocenters. The molecule has 3 nitrogen and oxygen atoms in total. The van der Waals surface area contributed by atoms with Gasteiger partial charge in [0, 0.05) is 6.61 Å². The molecule has 0 aliphatic heterocycles. The second-order valence-corrected chi connectivity index (χ2v) is 7.26. The van der Waals surface area contributed by atoms with Crippen molar-refractivity contribution in [2.24, 2.45) is 23.5 Å². The lowest BCUT2D eigenvalue weighted by Gasteiger charge is -2.17. The van der Waals surface area contributed by atoms with E-state index in [1.165, 1.54) is 38.5 Å². The first-order valence-electron chi connectivity index (χ1n) is 9.58. The second-order valence-electron chi connectivity index (χ2n) is 7.26. The van der Waals surface area contributed by atoms with Gasteiger partial charge in [-0.1, -0.05) is 47.0 Å². The average molecular weight is 315 g/mol. The zero-order chi connectivity index (χ0) is 16.6. The Hall–Kier alpha value is -0.120. The van der Waals surface area contributed by atoms with Crippen LogP contribution in [-0.2, 0) is 4.74 Å². The molecule has 0 aliphatic carbocycles. The van der Waals surface area contributed by atoms with Crippen LogP contribution >= 0.6 is 0 Å². The highest BCUT2D eigenvalue weighted by molar-refractivity contribution is 4.61. The predicted octanol–water partition coefficient (Wildman–Crippen LogP) is 4.21. The smallest absolute Gasteiger partial charge is 0.0503 e. The molecule has 3 N–H and O–H groups in total. The third-order valence-electron chi connectivity index (χ3n) is 4.29. The Morgan fingerprint density at radius 3 is 2.27 bits per heavy atom. The van der Waals surface area contributed by atoms with Gasteiger partial charge in [-0.25, -0.2) is 0 Å². The summed E-state index contributed by atoms with van der Waals surface area (Å²) < 4.78 is 5.81. The lowest BCUT2D eigenvalue weighted by molar-refractivity contribution is 0.0981. The molecule has 0 bridgehead atoms. The van der Waals surface area contributed by atoms with Gasteiger partial charge < -0.3 is 15.8 Å². The monoisotopic (exact) mass is 314 g/mol. The summed E-state index contributed by atoms with van der Waals surface area (Å²) in [6.45, 7) is 13.9. The van der Waals surface area contributed by atoms with Crippen LogP contribution in [0.2, 0.25) is 0 Å². The normalized spacial score (nSPS) is 15.7. The van der Waals surface area contributed by atoms with Crippen molar-refractivity contribution in [3.8, 4) is 0 Å². The fraction of sp³-hybridized carbons (Fsp3) is 1.00. The number of nitrogens with one attached hydrogen (secondary N) is 1. The molecule has 0 aromatic rings. The van der Waals surface area contributed by atoms with Crippen LogP contribution in [0.25, 0.3) is 0 Å². The number of nitrogens with two attached hydrogens (primary N) is 1. The van der Waals surface area contributed by atoms with Gasteiger partial charge in [0.2, 0.25) is 0 Å². The highest BCUT2D eigenvalue weighted by Crippen LogP contribution is 2.20. The van der Waals surface area contributed by atoms with E-state index in [1.807, 2.05) is 0 Å². The van der Waals surface area contributed by atoms with Crippen molar-refractivity contribution in [1.82, 2.24) is 5.32 Å². The average Bonchev–Trinajstić information content (AvgIpc) is 2.49. The van der Waals surface area contributed by atoms with Gasteiger partial charge in [0.05, 0.1) is 6.61 Å². The van der Waals surface area contributed by atoms with Crippen LogP contribution in [0.3, 0.4) is 0 Å². The molecule has 0 aliphatic rings. The first-order valence-corrected chi connectivity index (χ1v) is 9.58. The highest BCUT2D eigenvalue weighted by Gasteiger charge is 2.08. The topological polar surface area (TPSA) is 47.3 Å².